The van der Waals surface area contributed by atoms with E-state index in [1.54, 1.807) is 0 Å². The van der Waals surface area contributed by atoms with Crippen LogP contribution >= 0.6 is 0 Å². The van der Waals surface area contributed by atoms with E-state index in [0.29, 0.717) is 0 Å². The first-order chi connectivity index (χ1) is 26.4. The molecular formula is C49H34N4. The maximum Gasteiger partial charge on any atom is 0.145 e. The van der Waals surface area contributed by atoms with Crippen LogP contribution in [0.15, 0.2) is 194 Å². The lowest BCUT2D eigenvalue weighted by atomic mass is 9.89. The van der Waals surface area contributed by atoms with Gasteiger partial charge in [0.05, 0.1) is 28.3 Å². The van der Waals surface area contributed by atoms with Crippen molar-refractivity contribution in [2.24, 2.45) is 0 Å². The molecule has 0 spiro atoms. The second kappa shape index (κ2) is 11.8. The number of allylic oxidation sites excluding steroid dienone is 2. The molecule has 3 heterocycles. The SMILES string of the molecule is C1=CC2c3c(c4c(nc(-c5ccccc5)n4-c4ccccc4)c4c5ccccc5n(-c5ccccc5)c34)N(c3ccccc3-c3ccccc3)C2C=C1. The molecule has 0 amide bonds. The predicted octanol–water partition coefficient (Wildman–Crippen LogP) is 12.2. The van der Waals surface area contributed by atoms with Crippen molar-refractivity contribution in [3.63, 3.8) is 0 Å². The molecule has 250 valence electrons. The Morgan fingerprint density at radius 1 is 0.491 bits per heavy atom. The van der Waals surface area contributed by atoms with Gasteiger partial charge in [-0.15, -0.1) is 0 Å². The molecule has 0 N–H and O–H groups in total. The lowest BCUT2D eigenvalue weighted by molar-refractivity contribution is 0.746. The van der Waals surface area contributed by atoms with Crippen LogP contribution in [0, 0.1) is 0 Å². The number of fused-ring (bicyclic) bond motifs is 10. The van der Waals surface area contributed by atoms with Gasteiger partial charge in [0.2, 0.25) is 0 Å². The Kier molecular flexibility index (Phi) is 6.65. The molecule has 2 aliphatic rings. The van der Waals surface area contributed by atoms with E-state index in [4.69, 9.17) is 4.98 Å². The summed E-state index contributed by atoms with van der Waals surface area (Å²) in [6.45, 7) is 0. The van der Waals surface area contributed by atoms with E-state index in [0.717, 1.165) is 33.8 Å². The summed E-state index contributed by atoms with van der Waals surface area (Å²) >= 11 is 0. The molecule has 0 saturated heterocycles. The number of para-hydroxylation sites is 4. The number of anilines is 2. The molecule has 1 aliphatic heterocycles. The Hall–Kier alpha value is -6.91. The second-order valence-corrected chi connectivity index (χ2v) is 13.9. The number of aromatic nitrogens is 3. The number of rotatable bonds is 5. The maximum atomic E-state index is 5.74. The molecule has 4 nitrogen and oxygen atoms in total. The van der Waals surface area contributed by atoms with Crippen molar-refractivity contribution < 1.29 is 0 Å². The Labute approximate surface area is 307 Å². The van der Waals surface area contributed by atoms with Crippen LogP contribution in [-0.2, 0) is 0 Å². The molecule has 2 aromatic heterocycles. The first-order valence-corrected chi connectivity index (χ1v) is 18.3. The molecule has 0 bridgehead atoms. The molecule has 11 rings (SSSR count). The molecule has 2 atom stereocenters. The van der Waals surface area contributed by atoms with E-state index in [1.807, 2.05) is 0 Å². The molecule has 0 fully saturated rings. The van der Waals surface area contributed by atoms with Crippen molar-refractivity contribution in [2.45, 2.75) is 12.0 Å². The summed E-state index contributed by atoms with van der Waals surface area (Å²) in [5, 5.41) is 2.39. The third-order valence-electron chi connectivity index (χ3n) is 11.0. The monoisotopic (exact) mass is 678 g/mol. The van der Waals surface area contributed by atoms with Crippen LogP contribution < -0.4 is 4.90 Å². The highest BCUT2D eigenvalue weighted by Crippen LogP contribution is 2.57. The molecule has 1 aliphatic carbocycles. The smallest absolute Gasteiger partial charge is 0.145 e. The quantitative estimate of drug-likeness (QED) is 0.181. The van der Waals surface area contributed by atoms with Crippen molar-refractivity contribution in [3.8, 4) is 33.9 Å². The van der Waals surface area contributed by atoms with Crippen molar-refractivity contribution in [3.05, 3.63) is 200 Å². The normalized spacial score (nSPS) is 16.1. The van der Waals surface area contributed by atoms with Crippen molar-refractivity contribution in [2.75, 3.05) is 4.90 Å². The van der Waals surface area contributed by atoms with Gasteiger partial charge in [-0.3, -0.25) is 4.57 Å². The van der Waals surface area contributed by atoms with Gasteiger partial charge >= 0.3 is 0 Å². The van der Waals surface area contributed by atoms with Gasteiger partial charge in [0, 0.05) is 50.4 Å². The lowest BCUT2D eigenvalue weighted by Gasteiger charge is -2.31. The number of imidazole rings is 1. The van der Waals surface area contributed by atoms with Crippen LogP contribution in [0.25, 0.3) is 66.7 Å². The van der Waals surface area contributed by atoms with Crippen LogP contribution in [0.3, 0.4) is 0 Å². The Morgan fingerprint density at radius 3 is 1.81 bits per heavy atom. The van der Waals surface area contributed by atoms with Gasteiger partial charge in [-0.05, 0) is 42.0 Å². The fourth-order valence-corrected chi connectivity index (χ4v) is 8.89. The lowest BCUT2D eigenvalue weighted by Crippen LogP contribution is -2.29. The van der Waals surface area contributed by atoms with E-state index < -0.39 is 0 Å². The molecular weight excluding hydrogens is 645 g/mol. The topological polar surface area (TPSA) is 26.0 Å². The molecule has 4 heteroatoms. The maximum absolute atomic E-state index is 5.74. The highest BCUT2D eigenvalue weighted by Gasteiger charge is 2.44. The van der Waals surface area contributed by atoms with E-state index in [-0.39, 0.29) is 12.0 Å². The van der Waals surface area contributed by atoms with Crippen LogP contribution in [0.4, 0.5) is 11.4 Å². The summed E-state index contributed by atoms with van der Waals surface area (Å²) in [4.78, 5) is 8.35. The van der Waals surface area contributed by atoms with Gasteiger partial charge in [-0.1, -0.05) is 158 Å². The molecule has 53 heavy (non-hydrogen) atoms. The third kappa shape index (κ3) is 4.39. The molecule has 2 unspecified atom stereocenters. The molecule has 0 radical (unpaired) electrons. The fourth-order valence-electron chi connectivity index (χ4n) is 8.89. The van der Waals surface area contributed by atoms with Crippen LogP contribution in [-0.4, -0.2) is 20.2 Å². The Balaban J connectivity index is 1.40. The average molecular weight is 679 g/mol. The minimum absolute atomic E-state index is 0.0511. The number of hydrogen-bond donors (Lipinski definition) is 0. The van der Waals surface area contributed by atoms with Gasteiger partial charge in [-0.25, -0.2) is 4.98 Å². The minimum Gasteiger partial charge on any atom is -0.331 e. The summed E-state index contributed by atoms with van der Waals surface area (Å²) in [6.07, 6.45) is 9.25. The summed E-state index contributed by atoms with van der Waals surface area (Å²) in [5.74, 6) is 1.02. The Bertz CT molecular complexity index is 2880. The standard InChI is InChI=1S/C49H34N4/c1-5-19-33(20-6-1)37-27-13-16-30-40(37)53-42-32-18-15-29-39(42)44-46-43(38-28-14-17-31-41(38)51(46)35-23-9-3-10-24-35)45-48(47(44)53)52(36-25-11-4-12-26-36)49(50-45)34-21-7-2-8-22-34/h1-32,39,42H. The van der Waals surface area contributed by atoms with Gasteiger partial charge in [0.15, 0.2) is 0 Å². The average Bonchev–Trinajstić information content (AvgIpc) is 3.90. The minimum atomic E-state index is 0.0511. The summed E-state index contributed by atoms with van der Waals surface area (Å²) in [6, 6.07) is 60.9. The Morgan fingerprint density at radius 2 is 1.08 bits per heavy atom. The zero-order valence-corrected chi connectivity index (χ0v) is 28.9. The first-order valence-electron chi connectivity index (χ1n) is 18.3. The van der Waals surface area contributed by atoms with Crippen LogP contribution in [0.1, 0.15) is 11.5 Å². The summed E-state index contributed by atoms with van der Waals surface area (Å²) < 4.78 is 4.91. The summed E-state index contributed by atoms with van der Waals surface area (Å²) in [5.41, 5.74) is 13.9. The molecule has 9 aromatic rings. The predicted molar refractivity (Wildman–Crippen MR) is 220 cm³/mol. The van der Waals surface area contributed by atoms with E-state index in [2.05, 4.69) is 208 Å². The zero-order chi connectivity index (χ0) is 34.9. The van der Waals surface area contributed by atoms with Gasteiger partial charge in [0.25, 0.3) is 0 Å². The number of hydrogen-bond acceptors (Lipinski definition) is 2. The van der Waals surface area contributed by atoms with Gasteiger partial charge in [-0.2, -0.15) is 0 Å². The number of nitrogens with zero attached hydrogens (tertiary/aromatic N) is 4. The van der Waals surface area contributed by atoms with Gasteiger partial charge < -0.3 is 9.47 Å². The largest absolute Gasteiger partial charge is 0.331 e. The van der Waals surface area contributed by atoms with E-state index >= 15 is 0 Å². The highest BCUT2D eigenvalue weighted by atomic mass is 15.2. The summed E-state index contributed by atoms with van der Waals surface area (Å²) in [7, 11) is 0. The molecule has 7 aromatic carbocycles. The number of benzene rings is 7. The fraction of sp³-hybridized carbons (Fsp3) is 0.0408. The van der Waals surface area contributed by atoms with E-state index in [1.165, 1.54) is 49.9 Å². The van der Waals surface area contributed by atoms with E-state index in [9.17, 15) is 0 Å². The first kappa shape index (κ1) is 29.8. The van der Waals surface area contributed by atoms with Gasteiger partial charge in [0.1, 0.15) is 11.3 Å². The van der Waals surface area contributed by atoms with Crippen LogP contribution in [0.2, 0.25) is 0 Å². The zero-order valence-electron chi connectivity index (χ0n) is 28.9. The third-order valence-corrected chi connectivity index (χ3v) is 11.0. The second-order valence-electron chi connectivity index (χ2n) is 13.9. The molecule has 0 saturated carbocycles. The van der Waals surface area contributed by atoms with Crippen molar-refractivity contribution in [1.82, 2.24) is 14.1 Å². The van der Waals surface area contributed by atoms with Crippen molar-refractivity contribution in [1.29, 1.82) is 0 Å². The van der Waals surface area contributed by atoms with Crippen LogP contribution in [0.5, 0.6) is 0 Å². The highest BCUT2D eigenvalue weighted by molar-refractivity contribution is 6.25. The van der Waals surface area contributed by atoms with Crippen molar-refractivity contribution >= 4 is 44.2 Å².